The van der Waals surface area contributed by atoms with Crippen LogP contribution in [0.15, 0.2) is 48.5 Å². The Bertz CT molecular complexity index is 852. The molecule has 1 amide bonds. The fraction of sp³-hybridized carbons (Fsp3) is 0.278. The lowest BCUT2D eigenvalue weighted by Gasteiger charge is -2.28. The molecule has 6 nitrogen and oxygen atoms in total. The van der Waals surface area contributed by atoms with E-state index < -0.39 is 27.8 Å². The Kier molecular flexibility index (Phi) is 6.20. The first kappa shape index (κ1) is 19.7. The van der Waals surface area contributed by atoms with Crippen molar-refractivity contribution in [3.05, 3.63) is 59.9 Å². The minimum absolute atomic E-state index is 0.223. The molecule has 140 valence electrons. The van der Waals surface area contributed by atoms with Gasteiger partial charge in [0.2, 0.25) is 15.9 Å². The van der Waals surface area contributed by atoms with Crippen LogP contribution in [0.5, 0.6) is 5.75 Å². The molecule has 0 saturated heterocycles. The van der Waals surface area contributed by atoms with Gasteiger partial charge in [-0.3, -0.25) is 9.10 Å². The standard InChI is InChI=1S/C18H21FN2O4S/c1-13(18(22)20-12-14-4-10-17(25-2)11-5-14)21(26(3,23)24)16-8-6-15(19)7-9-16/h4-11,13H,12H2,1-3H3,(H,20,22). The Balaban J connectivity index is 2.12. The number of rotatable bonds is 7. The molecule has 1 unspecified atom stereocenters. The van der Waals surface area contributed by atoms with Crippen LogP contribution in [0, 0.1) is 5.82 Å². The van der Waals surface area contributed by atoms with Crippen molar-refractivity contribution >= 4 is 21.6 Å². The predicted octanol–water partition coefficient (Wildman–Crippen LogP) is 2.31. The molecule has 2 rings (SSSR count). The normalized spacial score (nSPS) is 12.3. The molecule has 0 bridgehead atoms. The number of carbonyl (C=O) groups excluding carboxylic acids is 1. The number of anilines is 1. The summed E-state index contributed by atoms with van der Waals surface area (Å²) in [6.45, 7) is 1.72. The molecular formula is C18H21FN2O4S. The maximum atomic E-state index is 13.1. The molecule has 26 heavy (non-hydrogen) atoms. The van der Waals surface area contributed by atoms with Gasteiger partial charge in [-0.1, -0.05) is 12.1 Å². The Morgan fingerprint density at radius 2 is 1.73 bits per heavy atom. The molecule has 0 aliphatic heterocycles. The number of hydrogen-bond donors (Lipinski definition) is 1. The summed E-state index contributed by atoms with van der Waals surface area (Å²) in [7, 11) is -2.17. The fourth-order valence-corrected chi connectivity index (χ4v) is 3.65. The maximum absolute atomic E-state index is 13.1. The topological polar surface area (TPSA) is 75.7 Å². The zero-order valence-corrected chi connectivity index (χ0v) is 15.6. The van der Waals surface area contributed by atoms with Gasteiger partial charge in [0.25, 0.3) is 0 Å². The van der Waals surface area contributed by atoms with Crippen molar-refractivity contribution in [2.75, 3.05) is 17.7 Å². The summed E-state index contributed by atoms with van der Waals surface area (Å²) < 4.78 is 43.4. The molecule has 8 heteroatoms. The van der Waals surface area contributed by atoms with Crippen LogP contribution in [0.2, 0.25) is 0 Å². The Morgan fingerprint density at radius 1 is 1.15 bits per heavy atom. The molecular weight excluding hydrogens is 359 g/mol. The van der Waals surface area contributed by atoms with E-state index in [1.165, 1.54) is 19.1 Å². The van der Waals surface area contributed by atoms with E-state index in [4.69, 9.17) is 4.74 Å². The summed E-state index contributed by atoms with van der Waals surface area (Å²) in [5.74, 6) is -0.248. The lowest BCUT2D eigenvalue weighted by Crippen LogP contribution is -2.47. The van der Waals surface area contributed by atoms with E-state index in [0.29, 0.717) is 5.75 Å². The molecule has 0 spiro atoms. The minimum Gasteiger partial charge on any atom is -0.497 e. The highest BCUT2D eigenvalue weighted by molar-refractivity contribution is 7.92. The first-order valence-electron chi connectivity index (χ1n) is 7.88. The second kappa shape index (κ2) is 8.18. The van der Waals surface area contributed by atoms with Crippen LogP contribution >= 0.6 is 0 Å². The lowest BCUT2D eigenvalue weighted by molar-refractivity contribution is -0.122. The van der Waals surface area contributed by atoms with E-state index in [1.54, 1.807) is 31.4 Å². The smallest absolute Gasteiger partial charge is 0.243 e. The van der Waals surface area contributed by atoms with Crippen LogP contribution in [0.4, 0.5) is 10.1 Å². The molecule has 0 heterocycles. The highest BCUT2D eigenvalue weighted by Gasteiger charge is 2.28. The molecule has 1 atom stereocenters. The second-order valence-electron chi connectivity index (χ2n) is 5.78. The summed E-state index contributed by atoms with van der Waals surface area (Å²) >= 11 is 0. The van der Waals surface area contributed by atoms with Crippen molar-refractivity contribution in [1.29, 1.82) is 0 Å². The van der Waals surface area contributed by atoms with E-state index in [-0.39, 0.29) is 12.2 Å². The van der Waals surface area contributed by atoms with Crippen molar-refractivity contribution in [3.8, 4) is 5.75 Å². The summed E-state index contributed by atoms with van der Waals surface area (Å²) in [6.07, 6.45) is 1.00. The third-order valence-corrected chi connectivity index (χ3v) is 5.04. The highest BCUT2D eigenvalue weighted by atomic mass is 32.2. The number of amides is 1. The third kappa shape index (κ3) is 4.95. The number of nitrogens with one attached hydrogen (secondary N) is 1. The molecule has 0 fully saturated rings. The first-order chi connectivity index (χ1) is 12.2. The second-order valence-corrected chi connectivity index (χ2v) is 7.64. The minimum atomic E-state index is -3.73. The van der Waals surface area contributed by atoms with Crippen LogP contribution in [0.3, 0.4) is 0 Å². The van der Waals surface area contributed by atoms with Crippen LogP contribution in [0.1, 0.15) is 12.5 Å². The van der Waals surface area contributed by atoms with Gasteiger partial charge >= 0.3 is 0 Å². The third-order valence-electron chi connectivity index (χ3n) is 3.80. The quantitative estimate of drug-likeness (QED) is 0.800. The number of ether oxygens (including phenoxy) is 1. The van der Waals surface area contributed by atoms with E-state index in [2.05, 4.69) is 5.32 Å². The molecule has 0 aromatic heterocycles. The van der Waals surface area contributed by atoms with E-state index in [9.17, 15) is 17.6 Å². The number of nitrogens with zero attached hydrogens (tertiary/aromatic N) is 1. The van der Waals surface area contributed by atoms with Crippen molar-refractivity contribution in [1.82, 2.24) is 5.32 Å². The van der Waals surface area contributed by atoms with Gasteiger partial charge in [-0.05, 0) is 48.9 Å². The van der Waals surface area contributed by atoms with Gasteiger partial charge < -0.3 is 10.1 Å². The number of carbonyl (C=O) groups is 1. The number of sulfonamides is 1. The zero-order valence-electron chi connectivity index (χ0n) is 14.8. The van der Waals surface area contributed by atoms with Gasteiger partial charge in [-0.25, -0.2) is 12.8 Å². The molecule has 2 aromatic rings. The molecule has 0 aliphatic rings. The summed E-state index contributed by atoms with van der Waals surface area (Å²) in [5, 5.41) is 2.71. The predicted molar refractivity (Wildman–Crippen MR) is 98.0 cm³/mol. The van der Waals surface area contributed by atoms with Crippen LogP contribution in [0.25, 0.3) is 0 Å². The SMILES string of the molecule is COc1ccc(CNC(=O)C(C)N(c2ccc(F)cc2)S(C)(=O)=O)cc1. The molecule has 0 saturated carbocycles. The largest absolute Gasteiger partial charge is 0.497 e. The van der Waals surface area contributed by atoms with Crippen molar-refractivity contribution < 1.29 is 22.3 Å². The molecule has 2 aromatic carbocycles. The summed E-state index contributed by atoms with van der Waals surface area (Å²) in [4.78, 5) is 12.5. The van der Waals surface area contributed by atoms with Crippen LogP contribution < -0.4 is 14.4 Å². The zero-order chi connectivity index (χ0) is 19.3. The highest BCUT2D eigenvalue weighted by Crippen LogP contribution is 2.21. The van der Waals surface area contributed by atoms with Gasteiger partial charge in [0.1, 0.15) is 17.6 Å². The van der Waals surface area contributed by atoms with Gasteiger partial charge in [-0.2, -0.15) is 0 Å². The average Bonchev–Trinajstić information content (AvgIpc) is 2.60. The number of methoxy groups -OCH3 is 1. The number of hydrogen-bond acceptors (Lipinski definition) is 4. The maximum Gasteiger partial charge on any atom is 0.243 e. The monoisotopic (exact) mass is 380 g/mol. The Hall–Kier alpha value is -2.61. The van der Waals surface area contributed by atoms with Crippen LogP contribution in [-0.2, 0) is 21.4 Å². The van der Waals surface area contributed by atoms with Crippen LogP contribution in [-0.4, -0.2) is 33.7 Å². The van der Waals surface area contributed by atoms with E-state index in [0.717, 1.165) is 28.3 Å². The molecule has 1 N–H and O–H groups in total. The van der Waals surface area contributed by atoms with Gasteiger partial charge in [0.05, 0.1) is 19.1 Å². The number of benzene rings is 2. The van der Waals surface area contributed by atoms with Gasteiger partial charge in [0, 0.05) is 6.54 Å². The lowest BCUT2D eigenvalue weighted by atomic mass is 10.2. The Morgan fingerprint density at radius 3 is 2.23 bits per heavy atom. The Labute approximate surface area is 152 Å². The van der Waals surface area contributed by atoms with Crippen molar-refractivity contribution in [3.63, 3.8) is 0 Å². The van der Waals surface area contributed by atoms with Crippen molar-refractivity contribution in [2.24, 2.45) is 0 Å². The molecule has 0 aliphatic carbocycles. The molecule has 0 radical (unpaired) electrons. The van der Waals surface area contributed by atoms with Gasteiger partial charge in [-0.15, -0.1) is 0 Å². The fourth-order valence-electron chi connectivity index (χ4n) is 2.48. The number of halogens is 1. The summed E-state index contributed by atoms with van der Waals surface area (Å²) in [6, 6.07) is 11.1. The first-order valence-corrected chi connectivity index (χ1v) is 9.73. The van der Waals surface area contributed by atoms with Gasteiger partial charge in [0.15, 0.2) is 0 Å². The average molecular weight is 380 g/mol. The van der Waals surface area contributed by atoms with E-state index in [1.807, 2.05) is 0 Å². The van der Waals surface area contributed by atoms with Crippen molar-refractivity contribution in [2.45, 2.75) is 19.5 Å². The summed E-state index contributed by atoms with van der Waals surface area (Å²) in [5.41, 5.74) is 1.07. The van der Waals surface area contributed by atoms with E-state index >= 15 is 0 Å².